The normalized spacial score (nSPS) is 13.2. The van der Waals surface area contributed by atoms with Gasteiger partial charge in [-0.3, -0.25) is 4.79 Å². The number of carboxylic acid groups (broad SMARTS) is 1. The first-order chi connectivity index (χ1) is 9.30. The van der Waals surface area contributed by atoms with E-state index in [0.29, 0.717) is 10.9 Å². The van der Waals surface area contributed by atoms with Crippen molar-refractivity contribution in [1.82, 2.24) is 10.3 Å². The first kappa shape index (κ1) is 13.9. The predicted octanol–water partition coefficient (Wildman–Crippen LogP) is 1.97. The van der Waals surface area contributed by atoms with Crippen LogP contribution in [0.25, 0.3) is 10.9 Å². The highest BCUT2D eigenvalue weighted by atomic mass is 19.4. The molecule has 0 spiro atoms. The summed E-state index contributed by atoms with van der Waals surface area (Å²) in [5.41, 5.74) is 0.626. The number of alkyl halides is 3. The molecule has 8 heteroatoms. The number of carboxylic acids is 1. The van der Waals surface area contributed by atoms with Crippen LogP contribution in [-0.2, 0) is 9.59 Å². The number of nitrogens with one attached hydrogen (secondary N) is 2. The predicted molar refractivity (Wildman–Crippen MR) is 62.9 cm³/mol. The molecule has 0 aliphatic heterocycles. The number of benzene rings is 1. The highest BCUT2D eigenvalue weighted by Gasteiger charge is 2.41. The number of hydrogen-bond acceptors (Lipinski definition) is 2. The monoisotopic (exact) mass is 286 g/mol. The van der Waals surface area contributed by atoms with Crippen molar-refractivity contribution in [2.45, 2.75) is 12.2 Å². The number of carbonyl (C=O) groups excluding carboxylic acids is 1. The number of aromatic amines is 1. The largest absolute Gasteiger partial charge is 0.479 e. The zero-order valence-corrected chi connectivity index (χ0v) is 9.86. The average molecular weight is 286 g/mol. The molecule has 0 bridgehead atoms. The first-order valence-corrected chi connectivity index (χ1v) is 5.47. The van der Waals surface area contributed by atoms with E-state index < -0.39 is 24.1 Å². The van der Waals surface area contributed by atoms with Crippen LogP contribution in [0.5, 0.6) is 0 Å². The van der Waals surface area contributed by atoms with Gasteiger partial charge in [-0.05, 0) is 6.07 Å². The summed E-state index contributed by atoms with van der Waals surface area (Å²) in [6.07, 6.45) is -3.88. The van der Waals surface area contributed by atoms with Gasteiger partial charge in [0.1, 0.15) is 0 Å². The van der Waals surface area contributed by atoms with Crippen LogP contribution in [0.1, 0.15) is 11.6 Å². The fraction of sp³-hybridized carbons (Fsp3) is 0.167. The lowest BCUT2D eigenvalue weighted by molar-refractivity contribution is -0.175. The molecular weight excluding hydrogens is 277 g/mol. The van der Waals surface area contributed by atoms with E-state index in [1.54, 1.807) is 24.3 Å². The van der Waals surface area contributed by atoms with Crippen molar-refractivity contribution in [1.29, 1.82) is 0 Å². The molecule has 3 N–H and O–H groups in total. The Kier molecular flexibility index (Phi) is 3.39. The number of H-pyrrole nitrogens is 1. The molecule has 0 radical (unpaired) electrons. The third kappa shape index (κ3) is 2.58. The molecular formula is C12H9F3N2O3. The fourth-order valence-corrected chi connectivity index (χ4v) is 1.82. The number of fused-ring (bicyclic) bond motifs is 1. The molecule has 5 nitrogen and oxygen atoms in total. The summed E-state index contributed by atoms with van der Waals surface area (Å²) in [5.74, 6) is -3.87. The van der Waals surface area contributed by atoms with Crippen molar-refractivity contribution in [3.63, 3.8) is 0 Å². The SMILES string of the molecule is O=C(O)C(NC(=O)C(F)(F)F)c1c[nH]c2ccccc12. The number of aliphatic carboxylic acids is 1. The second kappa shape index (κ2) is 4.87. The number of aromatic nitrogens is 1. The van der Waals surface area contributed by atoms with Gasteiger partial charge in [0.15, 0.2) is 6.04 Å². The van der Waals surface area contributed by atoms with Crippen molar-refractivity contribution in [2.24, 2.45) is 0 Å². The zero-order valence-electron chi connectivity index (χ0n) is 9.86. The molecule has 1 unspecified atom stereocenters. The standard InChI is InChI=1S/C12H9F3N2O3/c13-12(14,15)11(20)17-9(10(18)19)7-5-16-8-4-2-1-3-6(7)8/h1-5,9,16H,(H,17,20)(H,18,19). The van der Waals surface area contributed by atoms with Crippen molar-refractivity contribution >= 4 is 22.8 Å². The van der Waals surface area contributed by atoms with E-state index in [1.165, 1.54) is 11.5 Å². The molecule has 0 saturated carbocycles. The van der Waals surface area contributed by atoms with Crippen LogP contribution in [-0.4, -0.2) is 28.1 Å². The molecule has 1 heterocycles. The van der Waals surface area contributed by atoms with Crippen LogP contribution in [0.2, 0.25) is 0 Å². The third-order valence-corrected chi connectivity index (χ3v) is 2.71. The Morgan fingerprint density at radius 2 is 1.90 bits per heavy atom. The number of halogens is 3. The van der Waals surface area contributed by atoms with Gasteiger partial charge in [-0.15, -0.1) is 0 Å². The molecule has 20 heavy (non-hydrogen) atoms. The lowest BCUT2D eigenvalue weighted by atomic mass is 10.1. The summed E-state index contributed by atoms with van der Waals surface area (Å²) < 4.78 is 36.6. The molecule has 1 aromatic heterocycles. The van der Waals surface area contributed by atoms with Gasteiger partial charge in [-0.2, -0.15) is 13.2 Å². The molecule has 1 aromatic carbocycles. The minimum atomic E-state index is -5.14. The fourth-order valence-electron chi connectivity index (χ4n) is 1.82. The molecule has 1 amide bonds. The zero-order chi connectivity index (χ0) is 14.9. The maximum atomic E-state index is 12.2. The third-order valence-electron chi connectivity index (χ3n) is 2.71. The molecule has 2 aromatic rings. The lowest BCUT2D eigenvalue weighted by Crippen LogP contribution is -2.41. The lowest BCUT2D eigenvalue weighted by Gasteiger charge is -2.15. The minimum absolute atomic E-state index is 0.0608. The van der Waals surface area contributed by atoms with E-state index in [0.717, 1.165) is 0 Å². The smallest absolute Gasteiger partial charge is 0.471 e. The summed E-state index contributed by atoms with van der Waals surface area (Å²) in [4.78, 5) is 24.7. The van der Waals surface area contributed by atoms with Crippen molar-refractivity contribution in [2.75, 3.05) is 0 Å². The molecule has 1 atom stereocenters. The number of rotatable bonds is 3. The Balaban J connectivity index is 2.39. The highest BCUT2D eigenvalue weighted by molar-refractivity contribution is 5.92. The van der Waals surface area contributed by atoms with Gasteiger partial charge in [0, 0.05) is 22.7 Å². The quantitative estimate of drug-likeness (QED) is 0.806. The van der Waals surface area contributed by atoms with Gasteiger partial charge in [0.25, 0.3) is 0 Å². The number of amides is 1. The van der Waals surface area contributed by atoms with Crippen LogP contribution < -0.4 is 5.32 Å². The Morgan fingerprint density at radius 1 is 1.25 bits per heavy atom. The second-order valence-electron chi connectivity index (χ2n) is 4.03. The van der Waals surface area contributed by atoms with Crippen LogP contribution in [0.3, 0.4) is 0 Å². The molecule has 0 fully saturated rings. The molecule has 0 aliphatic rings. The maximum absolute atomic E-state index is 12.2. The topological polar surface area (TPSA) is 82.2 Å². The molecule has 2 rings (SSSR count). The molecule has 0 saturated heterocycles. The van der Waals surface area contributed by atoms with Gasteiger partial charge in [0.2, 0.25) is 0 Å². The van der Waals surface area contributed by atoms with Crippen molar-refractivity contribution in [3.05, 3.63) is 36.0 Å². The van der Waals surface area contributed by atoms with E-state index in [9.17, 15) is 22.8 Å². The van der Waals surface area contributed by atoms with E-state index in [4.69, 9.17) is 5.11 Å². The maximum Gasteiger partial charge on any atom is 0.471 e. The van der Waals surface area contributed by atoms with Crippen LogP contribution in [0, 0.1) is 0 Å². The number of hydrogen-bond donors (Lipinski definition) is 3. The van der Waals surface area contributed by atoms with Crippen LogP contribution in [0.15, 0.2) is 30.5 Å². The highest BCUT2D eigenvalue weighted by Crippen LogP contribution is 2.25. The molecule has 0 aliphatic carbocycles. The summed E-state index contributed by atoms with van der Waals surface area (Å²) in [7, 11) is 0. The Labute approximate surface area is 110 Å². The molecule has 106 valence electrons. The summed E-state index contributed by atoms with van der Waals surface area (Å²) in [6.45, 7) is 0. The van der Waals surface area contributed by atoms with Gasteiger partial charge in [-0.1, -0.05) is 18.2 Å². The van der Waals surface area contributed by atoms with Gasteiger partial charge in [-0.25, -0.2) is 4.79 Å². The van der Waals surface area contributed by atoms with Crippen LogP contribution >= 0.6 is 0 Å². The average Bonchev–Trinajstić information content (AvgIpc) is 2.77. The summed E-state index contributed by atoms with van der Waals surface area (Å²) in [6, 6.07) is 4.72. The first-order valence-electron chi connectivity index (χ1n) is 5.47. The number of para-hydroxylation sites is 1. The van der Waals surface area contributed by atoms with E-state index in [-0.39, 0.29) is 5.56 Å². The Hall–Kier alpha value is -2.51. The van der Waals surface area contributed by atoms with E-state index in [1.807, 2.05) is 0 Å². The second-order valence-corrected chi connectivity index (χ2v) is 4.03. The number of carbonyl (C=O) groups is 2. The van der Waals surface area contributed by atoms with Crippen molar-refractivity contribution < 1.29 is 27.9 Å². The van der Waals surface area contributed by atoms with Gasteiger partial charge < -0.3 is 15.4 Å². The minimum Gasteiger partial charge on any atom is -0.479 e. The van der Waals surface area contributed by atoms with Gasteiger partial charge in [0.05, 0.1) is 0 Å². The van der Waals surface area contributed by atoms with E-state index >= 15 is 0 Å². The Bertz CT molecular complexity index is 663. The van der Waals surface area contributed by atoms with E-state index in [2.05, 4.69) is 4.98 Å². The summed E-state index contributed by atoms with van der Waals surface area (Å²) in [5, 5.41) is 10.9. The van der Waals surface area contributed by atoms with Gasteiger partial charge >= 0.3 is 18.1 Å². The Morgan fingerprint density at radius 3 is 2.50 bits per heavy atom. The van der Waals surface area contributed by atoms with Crippen molar-refractivity contribution in [3.8, 4) is 0 Å². The van der Waals surface area contributed by atoms with Crippen LogP contribution in [0.4, 0.5) is 13.2 Å². The summed E-state index contributed by atoms with van der Waals surface area (Å²) >= 11 is 0.